The fourth-order valence-corrected chi connectivity index (χ4v) is 4.13. The van der Waals surface area contributed by atoms with Crippen LogP contribution in [0.1, 0.15) is 10.3 Å². The summed E-state index contributed by atoms with van der Waals surface area (Å²) < 4.78 is 26.8. The van der Waals surface area contributed by atoms with E-state index in [1.807, 2.05) is 17.5 Å². The Kier molecular flexibility index (Phi) is 3.28. The average molecular weight is 297 g/mol. The van der Waals surface area contributed by atoms with Crippen LogP contribution >= 0.6 is 23.1 Å². The van der Waals surface area contributed by atoms with Crippen molar-refractivity contribution in [2.24, 2.45) is 0 Å². The fraction of sp³-hybridized carbons (Fsp3) is 0.154. The summed E-state index contributed by atoms with van der Waals surface area (Å²) in [6.07, 6.45) is 0. The number of benzene rings is 1. The monoisotopic (exact) mass is 297 g/mol. The van der Waals surface area contributed by atoms with Gasteiger partial charge in [-0.25, -0.2) is 8.78 Å². The van der Waals surface area contributed by atoms with E-state index in [1.54, 1.807) is 0 Å². The molecule has 1 atom stereocenters. The van der Waals surface area contributed by atoms with Gasteiger partial charge in [-0.05, 0) is 23.6 Å². The van der Waals surface area contributed by atoms with Gasteiger partial charge >= 0.3 is 0 Å². The van der Waals surface area contributed by atoms with Gasteiger partial charge in [0.1, 0.15) is 17.0 Å². The van der Waals surface area contributed by atoms with Gasteiger partial charge in [-0.3, -0.25) is 9.69 Å². The number of carbonyl (C=O) groups excluding carboxylic acids is 1. The summed E-state index contributed by atoms with van der Waals surface area (Å²) in [5, 5.41) is 1.69. The number of amides is 1. The molecule has 6 heteroatoms. The van der Waals surface area contributed by atoms with E-state index in [0.29, 0.717) is 5.75 Å². The molecule has 0 spiro atoms. The molecule has 3 rings (SSSR count). The zero-order valence-electron chi connectivity index (χ0n) is 9.68. The molecule has 1 amide bonds. The molecular formula is C13H9F2NOS2. The highest BCUT2D eigenvalue weighted by Gasteiger charge is 2.36. The van der Waals surface area contributed by atoms with E-state index in [9.17, 15) is 13.6 Å². The van der Waals surface area contributed by atoms with Gasteiger partial charge in [0, 0.05) is 10.9 Å². The summed E-state index contributed by atoms with van der Waals surface area (Å²) in [4.78, 5) is 14.4. The summed E-state index contributed by atoms with van der Waals surface area (Å²) in [5.41, 5.74) is 0.134. The zero-order chi connectivity index (χ0) is 13.4. The number of halogens is 2. The normalized spacial score (nSPS) is 19.2. The lowest BCUT2D eigenvalue weighted by molar-refractivity contribution is -0.115. The Hall–Kier alpha value is -1.40. The van der Waals surface area contributed by atoms with Gasteiger partial charge in [0.15, 0.2) is 0 Å². The molecule has 0 radical (unpaired) electrons. The predicted octanol–water partition coefficient (Wildman–Crippen LogP) is 3.80. The van der Waals surface area contributed by atoms with Crippen molar-refractivity contribution >= 4 is 34.7 Å². The number of carbonyl (C=O) groups is 1. The van der Waals surface area contributed by atoms with Crippen molar-refractivity contribution in [3.05, 3.63) is 52.2 Å². The van der Waals surface area contributed by atoms with Crippen LogP contribution in [0.15, 0.2) is 35.7 Å². The Morgan fingerprint density at radius 1 is 1.26 bits per heavy atom. The molecule has 1 aliphatic rings. The van der Waals surface area contributed by atoms with Crippen LogP contribution in [-0.2, 0) is 4.79 Å². The third kappa shape index (κ3) is 2.26. The number of thiophene rings is 1. The van der Waals surface area contributed by atoms with Crippen molar-refractivity contribution in [1.82, 2.24) is 0 Å². The molecule has 1 aromatic heterocycles. The highest BCUT2D eigenvalue weighted by molar-refractivity contribution is 8.01. The summed E-state index contributed by atoms with van der Waals surface area (Å²) in [6.45, 7) is 0. The van der Waals surface area contributed by atoms with Gasteiger partial charge in [0.25, 0.3) is 0 Å². The molecule has 1 aromatic carbocycles. The van der Waals surface area contributed by atoms with Gasteiger partial charge in [0.05, 0.1) is 11.4 Å². The Bertz CT molecular complexity index is 615. The van der Waals surface area contributed by atoms with Gasteiger partial charge in [0.2, 0.25) is 5.91 Å². The zero-order valence-corrected chi connectivity index (χ0v) is 11.3. The molecule has 2 heterocycles. The molecule has 1 saturated heterocycles. The van der Waals surface area contributed by atoms with Crippen molar-refractivity contribution < 1.29 is 13.6 Å². The number of anilines is 1. The van der Waals surface area contributed by atoms with Crippen LogP contribution in [0.2, 0.25) is 0 Å². The van der Waals surface area contributed by atoms with Crippen molar-refractivity contribution in [1.29, 1.82) is 0 Å². The maximum absolute atomic E-state index is 13.9. The van der Waals surface area contributed by atoms with Gasteiger partial charge in [-0.1, -0.05) is 6.07 Å². The SMILES string of the molecule is O=C1CS[C@@H](c2cccs2)N1c1ccc(F)cc1F. The third-order valence-electron chi connectivity index (χ3n) is 2.82. The van der Waals surface area contributed by atoms with Crippen molar-refractivity contribution in [2.75, 3.05) is 10.7 Å². The molecule has 1 fully saturated rings. The largest absolute Gasteiger partial charge is 0.291 e. The molecular weight excluding hydrogens is 288 g/mol. The second-order valence-corrected chi connectivity index (χ2v) is 6.09. The molecule has 0 N–H and O–H groups in total. The number of hydrogen-bond donors (Lipinski definition) is 0. The van der Waals surface area contributed by atoms with Crippen LogP contribution in [0.3, 0.4) is 0 Å². The molecule has 0 saturated carbocycles. The standard InChI is InChI=1S/C13H9F2NOS2/c14-8-3-4-10(9(15)6-8)16-12(17)7-19-13(16)11-2-1-5-18-11/h1-6,13H,7H2/t13-/m0/s1. The lowest BCUT2D eigenvalue weighted by atomic mass is 10.2. The highest BCUT2D eigenvalue weighted by atomic mass is 32.2. The van der Waals surface area contributed by atoms with Crippen LogP contribution < -0.4 is 4.90 Å². The average Bonchev–Trinajstić information content (AvgIpc) is 2.99. The Morgan fingerprint density at radius 3 is 2.79 bits per heavy atom. The lowest BCUT2D eigenvalue weighted by Crippen LogP contribution is -2.28. The van der Waals surface area contributed by atoms with Gasteiger partial charge in [-0.15, -0.1) is 23.1 Å². The Labute approximate surface area is 117 Å². The van der Waals surface area contributed by atoms with Crippen molar-refractivity contribution in [3.63, 3.8) is 0 Å². The van der Waals surface area contributed by atoms with E-state index in [0.717, 1.165) is 10.9 Å². The first-order chi connectivity index (χ1) is 9.16. The highest BCUT2D eigenvalue weighted by Crippen LogP contribution is 2.43. The molecule has 2 nitrogen and oxygen atoms in total. The van der Waals surface area contributed by atoms with Gasteiger partial charge < -0.3 is 0 Å². The number of hydrogen-bond acceptors (Lipinski definition) is 3. The van der Waals surface area contributed by atoms with Gasteiger partial charge in [-0.2, -0.15) is 0 Å². The van der Waals surface area contributed by atoms with Crippen LogP contribution in [-0.4, -0.2) is 11.7 Å². The predicted molar refractivity (Wildman–Crippen MR) is 73.4 cm³/mol. The third-order valence-corrected chi connectivity index (χ3v) is 5.09. The van der Waals surface area contributed by atoms with E-state index in [4.69, 9.17) is 0 Å². The second-order valence-electron chi connectivity index (χ2n) is 4.04. The van der Waals surface area contributed by atoms with E-state index in [1.165, 1.54) is 40.1 Å². The van der Waals surface area contributed by atoms with E-state index < -0.39 is 11.6 Å². The number of rotatable bonds is 2. The van der Waals surface area contributed by atoms with E-state index in [2.05, 4.69) is 0 Å². The van der Waals surface area contributed by atoms with E-state index >= 15 is 0 Å². The first-order valence-corrected chi connectivity index (χ1v) is 7.52. The van der Waals surface area contributed by atoms with Crippen molar-refractivity contribution in [3.8, 4) is 0 Å². The molecule has 98 valence electrons. The summed E-state index contributed by atoms with van der Waals surface area (Å²) in [7, 11) is 0. The molecule has 0 aliphatic carbocycles. The summed E-state index contributed by atoms with van der Waals surface area (Å²) >= 11 is 2.97. The van der Waals surface area contributed by atoms with Crippen LogP contribution in [0.4, 0.5) is 14.5 Å². The van der Waals surface area contributed by atoms with Crippen LogP contribution in [0, 0.1) is 11.6 Å². The van der Waals surface area contributed by atoms with Crippen LogP contribution in [0.5, 0.6) is 0 Å². The topological polar surface area (TPSA) is 20.3 Å². The molecule has 0 bridgehead atoms. The number of nitrogens with zero attached hydrogens (tertiary/aromatic N) is 1. The fourth-order valence-electron chi connectivity index (χ4n) is 2.00. The van der Waals surface area contributed by atoms with Crippen molar-refractivity contribution in [2.45, 2.75) is 5.37 Å². The molecule has 1 aliphatic heterocycles. The Balaban J connectivity index is 2.03. The maximum Gasteiger partial charge on any atom is 0.238 e. The molecule has 2 aromatic rings. The second kappa shape index (κ2) is 4.94. The van der Waals surface area contributed by atoms with Crippen LogP contribution in [0.25, 0.3) is 0 Å². The molecule has 19 heavy (non-hydrogen) atoms. The Morgan fingerprint density at radius 2 is 2.11 bits per heavy atom. The minimum Gasteiger partial charge on any atom is -0.291 e. The maximum atomic E-state index is 13.9. The quantitative estimate of drug-likeness (QED) is 0.840. The minimum absolute atomic E-state index is 0.134. The smallest absolute Gasteiger partial charge is 0.238 e. The number of thioether (sulfide) groups is 1. The lowest BCUT2D eigenvalue weighted by Gasteiger charge is -2.23. The van der Waals surface area contributed by atoms with E-state index in [-0.39, 0.29) is 17.0 Å². The minimum atomic E-state index is -0.711. The first kappa shape index (κ1) is 12.6. The first-order valence-electron chi connectivity index (χ1n) is 5.59. The summed E-state index contributed by atoms with van der Waals surface area (Å²) in [5.74, 6) is -1.21. The molecule has 0 unspecified atom stereocenters. The summed E-state index contributed by atoms with van der Waals surface area (Å²) in [6, 6.07) is 7.09.